The first-order chi connectivity index (χ1) is 14.8. The second-order valence-electron chi connectivity index (χ2n) is 7.10. The highest BCUT2D eigenvalue weighted by atomic mass is 35.5. The van der Waals surface area contributed by atoms with Crippen LogP contribution in [0.1, 0.15) is 48.0 Å². The van der Waals surface area contributed by atoms with Gasteiger partial charge in [0.25, 0.3) is 11.8 Å². The van der Waals surface area contributed by atoms with E-state index in [4.69, 9.17) is 9.47 Å². The van der Waals surface area contributed by atoms with Crippen LogP contribution in [0.4, 0.5) is 5.13 Å². The van der Waals surface area contributed by atoms with Gasteiger partial charge < -0.3 is 19.9 Å². The first-order valence-corrected chi connectivity index (χ1v) is 10.9. The summed E-state index contributed by atoms with van der Waals surface area (Å²) < 4.78 is 10.2. The monoisotopic (exact) mass is 522 g/mol. The Balaban J connectivity index is 0.00000512. The Morgan fingerprint density at radius 2 is 1.79 bits per heavy atom. The van der Waals surface area contributed by atoms with E-state index in [0.717, 1.165) is 30.8 Å². The lowest BCUT2D eigenvalue weighted by molar-refractivity contribution is 0.0939. The summed E-state index contributed by atoms with van der Waals surface area (Å²) in [5.41, 5.74) is 0.408. The molecule has 33 heavy (non-hydrogen) atoms. The van der Waals surface area contributed by atoms with Crippen LogP contribution in [0.3, 0.4) is 0 Å². The van der Waals surface area contributed by atoms with E-state index in [1.807, 2.05) is 0 Å². The number of phenolic OH excluding ortho intramolecular Hbond substituents is 1. The molecule has 0 bridgehead atoms. The van der Waals surface area contributed by atoms with Crippen LogP contribution in [0.15, 0.2) is 17.5 Å². The van der Waals surface area contributed by atoms with Gasteiger partial charge in [0.15, 0.2) is 16.6 Å². The van der Waals surface area contributed by atoms with Gasteiger partial charge in [0.2, 0.25) is 0 Å². The van der Waals surface area contributed by atoms with Crippen molar-refractivity contribution in [2.24, 2.45) is 0 Å². The molecule has 0 radical (unpaired) electrons. The molecule has 0 unspecified atom stereocenters. The Morgan fingerprint density at radius 1 is 1.12 bits per heavy atom. The lowest BCUT2D eigenvalue weighted by Gasteiger charge is -2.25. The Hall–Kier alpha value is -2.27. The van der Waals surface area contributed by atoms with Crippen molar-refractivity contribution in [3.05, 3.63) is 28.8 Å². The van der Waals surface area contributed by atoms with Crippen molar-refractivity contribution in [2.75, 3.05) is 39.2 Å². The maximum Gasteiger partial charge on any atom is 0.270 e. The number of benzene rings is 1. The molecule has 0 aliphatic heterocycles. The summed E-state index contributed by atoms with van der Waals surface area (Å²) in [4.78, 5) is 31.5. The van der Waals surface area contributed by atoms with Gasteiger partial charge in [0.1, 0.15) is 11.4 Å². The molecule has 9 nitrogen and oxygen atoms in total. The Morgan fingerprint density at radius 3 is 2.36 bits per heavy atom. The highest BCUT2D eigenvalue weighted by Gasteiger charge is 2.19. The average Bonchev–Trinajstić information content (AvgIpc) is 3.21. The normalized spacial score (nSPS) is 10.3. The van der Waals surface area contributed by atoms with Crippen molar-refractivity contribution in [1.82, 2.24) is 15.2 Å². The highest BCUT2D eigenvalue weighted by molar-refractivity contribution is 7.14. The van der Waals surface area contributed by atoms with Gasteiger partial charge in [-0.15, -0.1) is 36.2 Å². The number of aromatic nitrogens is 1. The number of amides is 2. The van der Waals surface area contributed by atoms with Crippen molar-refractivity contribution >= 4 is 53.1 Å². The van der Waals surface area contributed by atoms with Crippen LogP contribution in [0, 0.1) is 0 Å². The smallest absolute Gasteiger partial charge is 0.270 e. The van der Waals surface area contributed by atoms with Crippen molar-refractivity contribution < 1.29 is 24.2 Å². The van der Waals surface area contributed by atoms with E-state index in [0.29, 0.717) is 12.6 Å². The lowest BCUT2D eigenvalue weighted by atomic mass is 10.1. The van der Waals surface area contributed by atoms with E-state index in [-0.39, 0.29) is 64.4 Å². The van der Waals surface area contributed by atoms with Gasteiger partial charge in [-0.1, -0.05) is 6.92 Å². The Labute approximate surface area is 210 Å². The molecule has 0 spiro atoms. The summed E-state index contributed by atoms with van der Waals surface area (Å²) >= 11 is 1.14. The molecule has 12 heteroatoms. The van der Waals surface area contributed by atoms with Crippen LogP contribution in [-0.2, 0) is 0 Å². The quantitative estimate of drug-likeness (QED) is 0.411. The number of carbonyl (C=O) groups excluding carboxylic acids is 2. The number of phenols is 1. The average molecular weight is 523 g/mol. The summed E-state index contributed by atoms with van der Waals surface area (Å²) in [5.74, 6) is -0.598. The van der Waals surface area contributed by atoms with Crippen LogP contribution < -0.4 is 20.1 Å². The van der Waals surface area contributed by atoms with Gasteiger partial charge >= 0.3 is 0 Å². The van der Waals surface area contributed by atoms with Crippen LogP contribution >= 0.6 is 36.2 Å². The van der Waals surface area contributed by atoms with Gasteiger partial charge in [-0.05, 0) is 26.8 Å². The van der Waals surface area contributed by atoms with Crippen LogP contribution in [0.5, 0.6) is 17.2 Å². The van der Waals surface area contributed by atoms with E-state index in [1.54, 1.807) is 5.38 Å². The third kappa shape index (κ3) is 8.54. The summed E-state index contributed by atoms with van der Waals surface area (Å²) in [6.07, 6.45) is 1.05. The summed E-state index contributed by atoms with van der Waals surface area (Å²) in [5, 5.41) is 17.2. The summed E-state index contributed by atoms with van der Waals surface area (Å²) in [6.45, 7) is 8.64. The number of halogens is 2. The van der Waals surface area contributed by atoms with Gasteiger partial charge in [-0.25, -0.2) is 4.98 Å². The number of carbonyl (C=O) groups is 2. The summed E-state index contributed by atoms with van der Waals surface area (Å²) in [6, 6.07) is 3.09. The van der Waals surface area contributed by atoms with Crippen molar-refractivity contribution in [3.8, 4) is 17.2 Å². The molecule has 1 heterocycles. The molecule has 1 aromatic carbocycles. The molecule has 2 amide bonds. The van der Waals surface area contributed by atoms with Crippen molar-refractivity contribution in [3.63, 3.8) is 0 Å². The van der Waals surface area contributed by atoms with E-state index in [2.05, 4.69) is 41.3 Å². The van der Waals surface area contributed by atoms with Crippen LogP contribution in [0.25, 0.3) is 0 Å². The predicted octanol–water partition coefficient (Wildman–Crippen LogP) is 3.81. The largest absolute Gasteiger partial charge is 0.504 e. The zero-order valence-corrected chi connectivity index (χ0v) is 21.8. The number of methoxy groups -OCH3 is 2. The molecular formula is C21H32Cl2N4O5S. The molecule has 1 aromatic heterocycles. The van der Waals surface area contributed by atoms with Crippen LogP contribution in [-0.4, -0.2) is 66.7 Å². The van der Waals surface area contributed by atoms with Gasteiger partial charge in [-0.2, -0.15) is 0 Å². The van der Waals surface area contributed by atoms with Crippen LogP contribution in [0.2, 0.25) is 0 Å². The zero-order valence-electron chi connectivity index (χ0n) is 19.3. The fraction of sp³-hybridized carbons (Fsp3) is 0.476. The number of anilines is 1. The van der Waals surface area contributed by atoms with E-state index in [9.17, 15) is 14.7 Å². The first-order valence-electron chi connectivity index (χ1n) is 10.0. The molecule has 2 aromatic rings. The molecular weight excluding hydrogens is 491 g/mol. The second kappa shape index (κ2) is 14.8. The van der Waals surface area contributed by atoms with E-state index in [1.165, 1.54) is 26.4 Å². The molecule has 0 fully saturated rings. The second-order valence-corrected chi connectivity index (χ2v) is 7.96. The maximum absolute atomic E-state index is 12.7. The topological polar surface area (TPSA) is 113 Å². The third-order valence-corrected chi connectivity index (χ3v) is 5.39. The molecule has 0 aliphatic rings. The number of thiazole rings is 1. The minimum Gasteiger partial charge on any atom is -0.504 e. The molecule has 0 saturated carbocycles. The number of hydrogen-bond acceptors (Lipinski definition) is 8. The first kappa shape index (κ1) is 30.7. The zero-order chi connectivity index (χ0) is 23.0. The fourth-order valence-electron chi connectivity index (χ4n) is 2.98. The molecule has 0 atom stereocenters. The number of rotatable bonds is 11. The lowest BCUT2D eigenvalue weighted by Crippen LogP contribution is -2.39. The Kier molecular flexibility index (Phi) is 13.8. The van der Waals surface area contributed by atoms with Crippen molar-refractivity contribution in [2.45, 2.75) is 33.2 Å². The van der Waals surface area contributed by atoms with Gasteiger partial charge in [0.05, 0.1) is 19.8 Å². The number of nitrogens with zero attached hydrogens (tertiary/aromatic N) is 2. The predicted molar refractivity (Wildman–Crippen MR) is 135 cm³/mol. The highest BCUT2D eigenvalue weighted by Crippen LogP contribution is 2.34. The molecule has 186 valence electrons. The minimum absolute atomic E-state index is 0. The number of aromatic hydroxyl groups is 1. The molecule has 2 rings (SSSR count). The third-order valence-electron chi connectivity index (χ3n) is 4.63. The summed E-state index contributed by atoms with van der Waals surface area (Å²) in [7, 11) is 2.78. The van der Waals surface area contributed by atoms with Gasteiger partial charge in [0, 0.05) is 36.6 Å². The standard InChI is InChI=1S/C21H30N4O5S.2ClH/c1-6-8-25(13(2)3)9-7-22-20(28)15-12-31-21(23-15)24-19(27)14-10-18(30-5)16(26)11-17(14)29-4;;/h10-13,26H,6-9H2,1-5H3,(H,22,28)(H,23,24,27);2*1H. The number of nitrogens with one attached hydrogen (secondary N) is 2. The Bertz CT molecular complexity index is 911. The molecule has 0 aliphatic carbocycles. The number of hydrogen-bond donors (Lipinski definition) is 3. The maximum atomic E-state index is 12.7. The minimum atomic E-state index is -0.497. The van der Waals surface area contributed by atoms with E-state index < -0.39 is 5.91 Å². The van der Waals surface area contributed by atoms with Crippen molar-refractivity contribution in [1.29, 1.82) is 0 Å². The molecule has 0 saturated heterocycles. The SMILES string of the molecule is CCCN(CCNC(=O)c1csc(NC(=O)c2cc(OC)c(O)cc2OC)n1)C(C)C.Cl.Cl. The van der Waals surface area contributed by atoms with Gasteiger partial charge in [-0.3, -0.25) is 19.8 Å². The van der Waals surface area contributed by atoms with E-state index >= 15 is 0 Å². The molecule has 3 N–H and O–H groups in total. The fourth-order valence-corrected chi connectivity index (χ4v) is 3.66. The number of ether oxygens (including phenoxy) is 2.